The van der Waals surface area contributed by atoms with Crippen LogP contribution in [0.25, 0.3) is 0 Å². The molecule has 0 unspecified atom stereocenters. The number of anilines is 1. The maximum Gasteiger partial charge on any atom is 0.255 e. The summed E-state index contributed by atoms with van der Waals surface area (Å²) in [4.78, 5) is 14.8. The second-order valence-electron chi connectivity index (χ2n) is 6.42. The molecular weight excluding hydrogens is 380 g/mol. The summed E-state index contributed by atoms with van der Waals surface area (Å²) in [7, 11) is 2.16. The molecule has 1 N–H and O–H groups in total. The van der Waals surface area contributed by atoms with Gasteiger partial charge in [0.15, 0.2) is 0 Å². The van der Waals surface area contributed by atoms with Crippen molar-refractivity contribution >= 4 is 27.5 Å². The van der Waals surface area contributed by atoms with Gasteiger partial charge in [-0.05, 0) is 55.8 Å². The maximum atomic E-state index is 12.4. The van der Waals surface area contributed by atoms with Crippen LogP contribution in [-0.4, -0.2) is 37.1 Å². The van der Waals surface area contributed by atoms with E-state index in [1.807, 2.05) is 42.5 Å². The summed E-state index contributed by atoms with van der Waals surface area (Å²) in [5.41, 5.74) is 2.66. The second kappa shape index (κ2) is 8.61. The van der Waals surface area contributed by atoms with E-state index in [4.69, 9.17) is 4.74 Å². The van der Waals surface area contributed by atoms with Gasteiger partial charge in [0.05, 0.1) is 0 Å². The zero-order chi connectivity index (χ0) is 17.6. The van der Waals surface area contributed by atoms with Crippen molar-refractivity contribution in [3.63, 3.8) is 0 Å². The average molecular weight is 403 g/mol. The highest BCUT2D eigenvalue weighted by Gasteiger charge is 2.18. The Morgan fingerprint density at radius 2 is 1.96 bits per heavy atom. The third kappa shape index (κ3) is 5.14. The Balaban J connectivity index is 1.63. The van der Waals surface area contributed by atoms with Gasteiger partial charge in [-0.25, -0.2) is 0 Å². The SMILES string of the molecule is CN(Cc1cccc(NC(=O)c2cccc(Br)c2)c1)C1CCOCC1. The molecule has 132 valence electrons. The number of amides is 1. The molecule has 5 heteroatoms. The Bertz CT molecular complexity index is 729. The number of ether oxygens (including phenoxy) is 1. The molecular formula is C20H23BrN2O2. The zero-order valence-corrected chi connectivity index (χ0v) is 16.0. The highest BCUT2D eigenvalue weighted by molar-refractivity contribution is 9.10. The summed E-state index contributed by atoms with van der Waals surface area (Å²) < 4.78 is 6.33. The minimum absolute atomic E-state index is 0.101. The Hall–Kier alpha value is -1.69. The van der Waals surface area contributed by atoms with Crippen molar-refractivity contribution in [1.82, 2.24) is 4.90 Å². The van der Waals surface area contributed by atoms with Crippen LogP contribution in [0.4, 0.5) is 5.69 Å². The molecule has 0 aromatic heterocycles. The lowest BCUT2D eigenvalue weighted by Crippen LogP contribution is -2.36. The van der Waals surface area contributed by atoms with Crippen LogP contribution < -0.4 is 5.32 Å². The highest BCUT2D eigenvalue weighted by atomic mass is 79.9. The van der Waals surface area contributed by atoms with Crippen LogP contribution in [-0.2, 0) is 11.3 Å². The molecule has 2 aromatic carbocycles. The zero-order valence-electron chi connectivity index (χ0n) is 14.4. The van der Waals surface area contributed by atoms with Crippen LogP contribution in [0.5, 0.6) is 0 Å². The first-order valence-corrected chi connectivity index (χ1v) is 9.35. The van der Waals surface area contributed by atoms with Crippen molar-refractivity contribution in [2.45, 2.75) is 25.4 Å². The molecule has 0 radical (unpaired) electrons. The van der Waals surface area contributed by atoms with Gasteiger partial charge >= 0.3 is 0 Å². The summed E-state index contributed by atoms with van der Waals surface area (Å²) in [5, 5.41) is 2.98. The molecule has 1 amide bonds. The van der Waals surface area contributed by atoms with Gasteiger partial charge in [-0.1, -0.05) is 34.1 Å². The minimum Gasteiger partial charge on any atom is -0.381 e. The third-order valence-electron chi connectivity index (χ3n) is 4.52. The summed E-state index contributed by atoms with van der Waals surface area (Å²) in [6, 6.07) is 16.0. The van der Waals surface area contributed by atoms with Gasteiger partial charge in [0, 0.05) is 41.5 Å². The van der Waals surface area contributed by atoms with Crippen LogP contribution in [0.1, 0.15) is 28.8 Å². The molecule has 3 rings (SSSR count). The first kappa shape index (κ1) is 18.1. The number of carbonyl (C=O) groups is 1. The summed E-state index contributed by atoms with van der Waals surface area (Å²) >= 11 is 3.40. The molecule has 0 spiro atoms. The number of halogens is 1. The molecule has 1 saturated heterocycles. The fraction of sp³-hybridized carbons (Fsp3) is 0.350. The summed E-state index contributed by atoms with van der Waals surface area (Å²) in [6.45, 7) is 2.56. The van der Waals surface area contributed by atoms with E-state index < -0.39 is 0 Å². The maximum absolute atomic E-state index is 12.4. The predicted octanol–water partition coefficient (Wildman–Crippen LogP) is 4.31. The van der Waals surface area contributed by atoms with E-state index in [0.717, 1.165) is 42.8 Å². The highest BCUT2D eigenvalue weighted by Crippen LogP contribution is 2.19. The number of nitrogens with zero attached hydrogens (tertiary/aromatic N) is 1. The van der Waals surface area contributed by atoms with E-state index in [9.17, 15) is 4.79 Å². The number of hydrogen-bond donors (Lipinski definition) is 1. The van der Waals surface area contributed by atoms with Gasteiger partial charge in [-0.2, -0.15) is 0 Å². The van der Waals surface area contributed by atoms with Crippen LogP contribution in [0.2, 0.25) is 0 Å². The lowest BCUT2D eigenvalue weighted by Gasteiger charge is -2.31. The quantitative estimate of drug-likeness (QED) is 0.809. The normalized spacial score (nSPS) is 15.3. The van der Waals surface area contributed by atoms with Gasteiger partial charge in [-0.15, -0.1) is 0 Å². The van der Waals surface area contributed by atoms with Crippen molar-refractivity contribution in [3.8, 4) is 0 Å². The van der Waals surface area contributed by atoms with Crippen molar-refractivity contribution in [1.29, 1.82) is 0 Å². The van der Waals surface area contributed by atoms with Gasteiger partial charge in [0.25, 0.3) is 5.91 Å². The summed E-state index contributed by atoms with van der Waals surface area (Å²) in [6.07, 6.45) is 2.16. The first-order valence-electron chi connectivity index (χ1n) is 8.55. The monoisotopic (exact) mass is 402 g/mol. The Morgan fingerprint density at radius 3 is 2.72 bits per heavy atom. The second-order valence-corrected chi connectivity index (χ2v) is 7.34. The van der Waals surface area contributed by atoms with Crippen molar-refractivity contribution in [2.24, 2.45) is 0 Å². The van der Waals surface area contributed by atoms with E-state index in [1.54, 1.807) is 0 Å². The topological polar surface area (TPSA) is 41.6 Å². The first-order chi connectivity index (χ1) is 12.1. The van der Waals surface area contributed by atoms with Gasteiger partial charge in [-0.3, -0.25) is 9.69 Å². The molecule has 1 heterocycles. The molecule has 4 nitrogen and oxygen atoms in total. The largest absolute Gasteiger partial charge is 0.381 e. The van der Waals surface area contributed by atoms with Crippen LogP contribution in [0.3, 0.4) is 0 Å². The molecule has 0 aliphatic carbocycles. The van der Waals surface area contributed by atoms with Gasteiger partial charge < -0.3 is 10.1 Å². The van der Waals surface area contributed by atoms with Crippen LogP contribution >= 0.6 is 15.9 Å². The van der Waals surface area contributed by atoms with Gasteiger partial charge in [0.1, 0.15) is 0 Å². The van der Waals surface area contributed by atoms with E-state index >= 15 is 0 Å². The van der Waals surface area contributed by atoms with Crippen LogP contribution in [0.15, 0.2) is 53.0 Å². The number of rotatable bonds is 5. The third-order valence-corrected chi connectivity index (χ3v) is 5.01. The van der Waals surface area contributed by atoms with Crippen LogP contribution in [0, 0.1) is 0 Å². The van der Waals surface area contributed by atoms with E-state index in [2.05, 4.69) is 39.3 Å². The van der Waals surface area contributed by atoms with E-state index in [-0.39, 0.29) is 5.91 Å². The lowest BCUT2D eigenvalue weighted by molar-refractivity contribution is 0.0407. The molecule has 25 heavy (non-hydrogen) atoms. The molecule has 0 atom stereocenters. The van der Waals surface area contributed by atoms with Crippen molar-refractivity contribution in [3.05, 3.63) is 64.1 Å². The molecule has 0 bridgehead atoms. The summed E-state index contributed by atoms with van der Waals surface area (Å²) in [5.74, 6) is -0.101. The standard InChI is InChI=1S/C20H23BrN2O2/c1-23(19-8-10-25-11-9-19)14-15-4-2-7-18(12-15)22-20(24)16-5-3-6-17(21)13-16/h2-7,12-13,19H,8-11,14H2,1H3,(H,22,24). The Labute approximate surface area is 157 Å². The average Bonchev–Trinajstić information content (AvgIpc) is 2.63. The fourth-order valence-corrected chi connectivity index (χ4v) is 3.52. The fourth-order valence-electron chi connectivity index (χ4n) is 3.12. The van der Waals surface area contributed by atoms with Crippen molar-refractivity contribution < 1.29 is 9.53 Å². The molecule has 2 aromatic rings. The number of benzene rings is 2. The number of hydrogen-bond acceptors (Lipinski definition) is 3. The Morgan fingerprint density at radius 1 is 1.20 bits per heavy atom. The molecule has 1 aliphatic rings. The number of nitrogens with one attached hydrogen (secondary N) is 1. The predicted molar refractivity (Wildman–Crippen MR) is 104 cm³/mol. The van der Waals surface area contributed by atoms with E-state index in [1.165, 1.54) is 5.56 Å². The molecule has 0 saturated carbocycles. The Kier molecular flexibility index (Phi) is 6.24. The molecule has 1 fully saturated rings. The van der Waals surface area contributed by atoms with E-state index in [0.29, 0.717) is 11.6 Å². The molecule has 1 aliphatic heterocycles. The number of carbonyl (C=O) groups excluding carboxylic acids is 1. The van der Waals surface area contributed by atoms with Gasteiger partial charge in [0.2, 0.25) is 0 Å². The smallest absolute Gasteiger partial charge is 0.255 e. The van der Waals surface area contributed by atoms with Crippen molar-refractivity contribution in [2.75, 3.05) is 25.6 Å². The lowest BCUT2D eigenvalue weighted by atomic mass is 10.1. The minimum atomic E-state index is -0.101.